The average molecular weight is 318 g/mol. The molecule has 5 nitrogen and oxygen atoms in total. The number of carbonyl (C=O) groups is 1. The van der Waals surface area contributed by atoms with E-state index in [9.17, 15) is 4.79 Å². The SMILES string of the molecule is NC(=O)C1CCOC(c2ccc(OCC3CCCCC3)nc2)C1. The second kappa shape index (κ2) is 7.77. The maximum Gasteiger partial charge on any atom is 0.220 e. The fourth-order valence-corrected chi connectivity index (χ4v) is 3.51. The van der Waals surface area contributed by atoms with Gasteiger partial charge in [-0.15, -0.1) is 0 Å². The number of nitrogens with zero attached hydrogens (tertiary/aromatic N) is 1. The highest BCUT2D eigenvalue weighted by Gasteiger charge is 2.27. The molecule has 2 atom stereocenters. The van der Waals surface area contributed by atoms with Crippen molar-refractivity contribution in [2.75, 3.05) is 13.2 Å². The Bertz CT molecular complexity index is 512. The molecular formula is C18H26N2O3. The Balaban J connectivity index is 1.53. The molecule has 5 heteroatoms. The Morgan fingerprint density at radius 2 is 2.09 bits per heavy atom. The molecule has 1 amide bonds. The number of nitrogens with two attached hydrogens (primary N) is 1. The van der Waals surface area contributed by atoms with E-state index < -0.39 is 0 Å². The van der Waals surface area contributed by atoms with Crippen LogP contribution in [0.1, 0.15) is 56.6 Å². The Kier molecular flexibility index (Phi) is 5.49. The third kappa shape index (κ3) is 4.44. The number of hydrogen-bond donors (Lipinski definition) is 1. The highest BCUT2D eigenvalue weighted by Crippen LogP contribution is 2.31. The Labute approximate surface area is 137 Å². The number of amides is 1. The maximum absolute atomic E-state index is 11.4. The predicted octanol–water partition coefficient (Wildman–Crippen LogP) is 2.99. The topological polar surface area (TPSA) is 74.4 Å². The molecule has 0 spiro atoms. The number of hydrogen-bond acceptors (Lipinski definition) is 4. The van der Waals surface area contributed by atoms with E-state index in [4.69, 9.17) is 15.2 Å². The summed E-state index contributed by atoms with van der Waals surface area (Å²) in [6.45, 7) is 1.33. The molecule has 1 aromatic heterocycles. The van der Waals surface area contributed by atoms with E-state index in [1.54, 1.807) is 6.20 Å². The molecule has 1 aliphatic carbocycles. The van der Waals surface area contributed by atoms with Gasteiger partial charge in [0.1, 0.15) is 0 Å². The summed E-state index contributed by atoms with van der Waals surface area (Å²) in [5, 5.41) is 0. The number of carbonyl (C=O) groups excluding carboxylic acids is 1. The Morgan fingerprint density at radius 1 is 1.26 bits per heavy atom. The summed E-state index contributed by atoms with van der Waals surface area (Å²) >= 11 is 0. The van der Waals surface area contributed by atoms with Gasteiger partial charge in [0, 0.05) is 24.8 Å². The Morgan fingerprint density at radius 3 is 2.78 bits per heavy atom. The zero-order valence-electron chi connectivity index (χ0n) is 13.6. The van der Waals surface area contributed by atoms with Crippen molar-refractivity contribution in [2.24, 2.45) is 17.6 Å². The van der Waals surface area contributed by atoms with Crippen LogP contribution in [0.15, 0.2) is 18.3 Å². The van der Waals surface area contributed by atoms with E-state index in [1.807, 2.05) is 12.1 Å². The van der Waals surface area contributed by atoms with Crippen LogP contribution in [0.2, 0.25) is 0 Å². The minimum absolute atomic E-state index is 0.0962. The van der Waals surface area contributed by atoms with Gasteiger partial charge < -0.3 is 15.2 Å². The first-order valence-corrected chi connectivity index (χ1v) is 8.72. The van der Waals surface area contributed by atoms with Crippen molar-refractivity contribution < 1.29 is 14.3 Å². The lowest BCUT2D eigenvalue weighted by Crippen LogP contribution is -2.30. The molecule has 1 aromatic rings. The molecule has 0 bridgehead atoms. The molecule has 2 fully saturated rings. The summed E-state index contributed by atoms with van der Waals surface area (Å²) in [6.07, 6.45) is 9.58. The van der Waals surface area contributed by atoms with Crippen LogP contribution in [0.3, 0.4) is 0 Å². The van der Waals surface area contributed by atoms with Crippen LogP contribution in [-0.2, 0) is 9.53 Å². The summed E-state index contributed by atoms with van der Waals surface area (Å²) in [4.78, 5) is 15.7. The molecule has 2 aliphatic rings. The lowest BCUT2D eigenvalue weighted by atomic mass is 9.90. The van der Waals surface area contributed by atoms with E-state index in [1.165, 1.54) is 32.1 Å². The molecule has 2 heterocycles. The lowest BCUT2D eigenvalue weighted by Gasteiger charge is -2.28. The van der Waals surface area contributed by atoms with Gasteiger partial charge in [0.2, 0.25) is 11.8 Å². The van der Waals surface area contributed by atoms with Gasteiger partial charge in [-0.2, -0.15) is 0 Å². The van der Waals surface area contributed by atoms with Gasteiger partial charge in [-0.1, -0.05) is 19.3 Å². The van der Waals surface area contributed by atoms with Crippen molar-refractivity contribution in [2.45, 2.75) is 51.0 Å². The molecule has 1 saturated heterocycles. The van der Waals surface area contributed by atoms with Gasteiger partial charge in [-0.05, 0) is 43.2 Å². The first-order valence-electron chi connectivity index (χ1n) is 8.72. The molecule has 3 rings (SSSR count). The van der Waals surface area contributed by atoms with Crippen molar-refractivity contribution in [1.82, 2.24) is 4.98 Å². The van der Waals surface area contributed by atoms with E-state index >= 15 is 0 Å². The zero-order valence-corrected chi connectivity index (χ0v) is 13.6. The standard InChI is InChI=1S/C18H26N2O3/c19-18(21)14-8-9-22-16(10-14)15-6-7-17(20-11-15)23-12-13-4-2-1-3-5-13/h6-7,11,13-14,16H,1-5,8-10,12H2,(H2,19,21). The molecule has 0 aromatic carbocycles. The predicted molar refractivity (Wildman–Crippen MR) is 86.9 cm³/mol. The molecule has 126 valence electrons. The van der Waals surface area contributed by atoms with Gasteiger partial charge in [0.05, 0.1) is 12.7 Å². The Hall–Kier alpha value is -1.62. The van der Waals surface area contributed by atoms with E-state index in [0.29, 0.717) is 31.2 Å². The summed E-state index contributed by atoms with van der Waals surface area (Å²) in [5.41, 5.74) is 6.40. The van der Waals surface area contributed by atoms with E-state index in [2.05, 4.69) is 4.98 Å². The highest BCUT2D eigenvalue weighted by molar-refractivity contribution is 5.76. The summed E-state index contributed by atoms with van der Waals surface area (Å²) < 4.78 is 11.6. The number of aromatic nitrogens is 1. The van der Waals surface area contributed by atoms with Gasteiger partial charge in [-0.3, -0.25) is 4.79 Å². The summed E-state index contributed by atoms with van der Waals surface area (Å²) in [5.74, 6) is 1.000. The third-order valence-corrected chi connectivity index (χ3v) is 5.01. The molecular weight excluding hydrogens is 292 g/mol. The first-order chi connectivity index (χ1) is 11.2. The third-order valence-electron chi connectivity index (χ3n) is 5.01. The molecule has 2 N–H and O–H groups in total. The van der Waals surface area contributed by atoms with Gasteiger partial charge in [-0.25, -0.2) is 4.98 Å². The molecule has 2 unspecified atom stereocenters. The number of ether oxygens (including phenoxy) is 2. The number of rotatable bonds is 5. The summed E-state index contributed by atoms with van der Waals surface area (Å²) in [7, 11) is 0. The monoisotopic (exact) mass is 318 g/mol. The van der Waals surface area contributed by atoms with Gasteiger partial charge >= 0.3 is 0 Å². The fourth-order valence-electron chi connectivity index (χ4n) is 3.51. The van der Waals surface area contributed by atoms with Crippen molar-refractivity contribution in [1.29, 1.82) is 0 Å². The van der Waals surface area contributed by atoms with Gasteiger partial charge in [0.25, 0.3) is 0 Å². The number of pyridine rings is 1. The molecule has 1 saturated carbocycles. The zero-order chi connectivity index (χ0) is 16.1. The smallest absolute Gasteiger partial charge is 0.220 e. The normalized spacial score (nSPS) is 25.9. The van der Waals surface area contributed by atoms with Crippen molar-refractivity contribution >= 4 is 5.91 Å². The van der Waals surface area contributed by atoms with Crippen LogP contribution in [0.5, 0.6) is 5.88 Å². The second-order valence-corrected chi connectivity index (χ2v) is 6.73. The van der Waals surface area contributed by atoms with Crippen LogP contribution < -0.4 is 10.5 Å². The lowest BCUT2D eigenvalue weighted by molar-refractivity contribution is -0.126. The average Bonchev–Trinajstić information content (AvgIpc) is 2.61. The van der Waals surface area contributed by atoms with Gasteiger partial charge in [0.15, 0.2) is 0 Å². The molecule has 23 heavy (non-hydrogen) atoms. The van der Waals surface area contributed by atoms with Crippen LogP contribution in [0.25, 0.3) is 0 Å². The van der Waals surface area contributed by atoms with E-state index in [-0.39, 0.29) is 17.9 Å². The maximum atomic E-state index is 11.4. The van der Waals surface area contributed by atoms with Crippen LogP contribution in [-0.4, -0.2) is 24.1 Å². The quantitative estimate of drug-likeness (QED) is 0.905. The summed E-state index contributed by atoms with van der Waals surface area (Å²) in [6, 6.07) is 3.88. The van der Waals surface area contributed by atoms with Crippen LogP contribution >= 0.6 is 0 Å². The minimum Gasteiger partial charge on any atom is -0.477 e. The van der Waals surface area contributed by atoms with Crippen LogP contribution in [0, 0.1) is 11.8 Å². The van der Waals surface area contributed by atoms with Crippen molar-refractivity contribution in [3.05, 3.63) is 23.9 Å². The molecule has 0 radical (unpaired) electrons. The highest BCUT2D eigenvalue weighted by atomic mass is 16.5. The largest absolute Gasteiger partial charge is 0.477 e. The second-order valence-electron chi connectivity index (χ2n) is 6.73. The van der Waals surface area contributed by atoms with Crippen molar-refractivity contribution in [3.8, 4) is 5.88 Å². The molecule has 1 aliphatic heterocycles. The van der Waals surface area contributed by atoms with Crippen LogP contribution in [0.4, 0.5) is 0 Å². The van der Waals surface area contributed by atoms with E-state index in [0.717, 1.165) is 12.2 Å². The minimum atomic E-state index is -0.237. The first kappa shape index (κ1) is 16.2. The van der Waals surface area contributed by atoms with Crippen molar-refractivity contribution in [3.63, 3.8) is 0 Å². The number of primary amides is 1. The fraction of sp³-hybridized carbons (Fsp3) is 0.667.